The van der Waals surface area contributed by atoms with Crippen molar-refractivity contribution in [1.29, 1.82) is 0 Å². The highest BCUT2D eigenvalue weighted by Crippen LogP contribution is 2.50. The number of fused-ring (bicyclic) bond motifs is 3. The second-order valence-corrected chi connectivity index (χ2v) is 7.35. The van der Waals surface area contributed by atoms with Gasteiger partial charge >= 0.3 is 0 Å². The summed E-state index contributed by atoms with van der Waals surface area (Å²) in [5.74, 6) is -1.05. The van der Waals surface area contributed by atoms with Crippen LogP contribution in [0.2, 0.25) is 0 Å². The second-order valence-electron chi connectivity index (χ2n) is 7.35. The van der Waals surface area contributed by atoms with Crippen LogP contribution in [0, 0.1) is 0 Å². The van der Waals surface area contributed by atoms with Crippen molar-refractivity contribution >= 4 is 0 Å². The molecule has 30 heavy (non-hydrogen) atoms. The van der Waals surface area contributed by atoms with E-state index in [4.69, 9.17) is 28.8 Å². The van der Waals surface area contributed by atoms with E-state index in [0.717, 1.165) is 28.9 Å². The molecule has 2 aliphatic rings. The number of aliphatic hydroxyl groups is 2. The van der Waals surface area contributed by atoms with Crippen molar-refractivity contribution in [1.82, 2.24) is 0 Å². The molecule has 162 valence electrons. The smallest absolute Gasteiger partial charge is 0.223 e. The maximum Gasteiger partial charge on any atom is 0.223 e. The van der Waals surface area contributed by atoms with Crippen LogP contribution >= 0.6 is 0 Å². The van der Waals surface area contributed by atoms with Gasteiger partial charge in [-0.05, 0) is 11.1 Å². The molecule has 1 saturated heterocycles. The lowest BCUT2D eigenvalue weighted by Crippen LogP contribution is -2.35. The fourth-order valence-corrected chi connectivity index (χ4v) is 3.65. The van der Waals surface area contributed by atoms with E-state index >= 15 is 0 Å². The summed E-state index contributed by atoms with van der Waals surface area (Å²) in [6.45, 7) is 2.39. The molecule has 1 heterocycles. The summed E-state index contributed by atoms with van der Waals surface area (Å²) < 4.78 is 28.9. The van der Waals surface area contributed by atoms with E-state index in [9.17, 15) is 5.11 Å². The van der Waals surface area contributed by atoms with Crippen LogP contribution in [0.3, 0.4) is 0 Å². The van der Waals surface area contributed by atoms with Gasteiger partial charge in [-0.1, -0.05) is 48.5 Å². The van der Waals surface area contributed by atoms with Crippen molar-refractivity contribution in [2.45, 2.75) is 18.0 Å². The fourth-order valence-electron chi connectivity index (χ4n) is 3.65. The highest BCUT2D eigenvalue weighted by Gasteiger charge is 2.45. The molecule has 0 aromatic heterocycles. The van der Waals surface area contributed by atoms with Gasteiger partial charge in [0.2, 0.25) is 5.79 Å². The van der Waals surface area contributed by atoms with Crippen LogP contribution in [0.1, 0.15) is 11.1 Å². The van der Waals surface area contributed by atoms with Gasteiger partial charge in [-0.15, -0.1) is 0 Å². The molecule has 1 aliphatic carbocycles. The molecule has 2 aromatic rings. The molecule has 4 rings (SSSR count). The Morgan fingerprint density at radius 3 is 2.03 bits per heavy atom. The van der Waals surface area contributed by atoms with E-state index in [2.05, 4.69) is 12.1 Å². The van der Waals surface area contributed by atoms with Gasteiger partial charge in [0.25, 0.3) is 0 Å². The zero-order valence-electron chi connectivity index (χ0n) is 16.9. The molecule has 2 unspecified atom stereocenters. The predicted molar refractivity (Wildman–Crippen MR) is 109 cm³/mol. The molecule has 7 nitrogen and oxygen atoms in total. The minimum absolute atomic E-state index is 0.0535. The Morgan fingerprint density at radius 2 is 1.47 bits per heavy atom. The van der Waals surface area contributed by atoms with E-state index in [1.165, 1.54) is 0 Å². The van der Waals surface area contributed by atoms with Crippen molar-refractivity contribution in [2.75, 3.05) is 52.9 Å². The van der Waals surface area contributed by atoms with Gasteiger partial charge in [-0.25, -0.2) is 0 Å². The van der Waals surface area contributed by atoms with E-state index in [0.29, 0.717) is 19.8 Å². The molecule has 0 spiro atoms. The summed E-state index contributed by atoms with van der Waals surface area (Å²) in [4.78, 5) is 0. The van der Waals surface area contributed by atoms with Gasteiger partial charge in [0, 0.05) is 11.1 Å². The minimum atomic E-state index is -1.05. The summed E-state index contributed by atoms with van der Waals surface area (Å²) in [6.07, 6.45) is -0.676. The zero-order chi connectivity index (χ0) is 20.8. The number of aliphatic hydroxyl groups excluding tert-OH is 2. The summed E-state index contributed by atoms with van der Waals surface area (Å²) >= 11 is 0. The summed E-state index contributed by atoms with van der Waals surface area (Å²) in [5, 5.41) is 18.3. The lowest BCUT2D eigenvalue weighted by Gasteiger charge is -2.32. The standard InChI is InChI=1S/C23H28O7/c24-13-17(25)14-26-9-11-29-23(30-12-10-27-15-18-16-28-18)21-7-3-1-5-19(21)20-6-2-4-8-22(20)23/h1-8,17-18,24-25H,9-16H2. The first-order chi connectivity index (χ1) is 14.7. The molecule has 1 fully saturated rings. The van der Waals surface area contributed by atoms with Crippen molar-refractivity contribution in [3.63, 3.8) is 0 Å². The number of rotatable bonds is 13. The van der Waals surface area contributed by atoms with Crippen molar-refractivity contribution in [3.8, 4) is 11.1 Å². The van der Waals surface area contributed by atoms with Crippen LogP contribution in [0.15, 0.2) is 48.5 Å². The Bertz CT molecular complexity index is 775. The highest BCUT2D eigenvalue weighted by atomic mass is 16.7. The monoisotopic (exact) mass is 416 g/mol. The third-order valence-electron chi connectivity index (χ3n) is 5.15. The predicted octanol–water partition coefficient (Wildman–Crippen LogP) is 1.69. The largest absolute Gasteiger partial charge is 0.394 e. The van der Waals surface area contributed by atoms with Gasteiger partial charge in [0.05, 0.1) is 52.9 Å². The molecular weight excluding hydrogens is 388 g/mol. The van der Waals surface area contributed by atoms with Crippen LogP contribution in [0.25, 0.3) is 11.1 Å². The molecule has 2 aromatic carbocycles. The molecule has 0 bridgehead atoms. The number of hydrogen-bond donors (Lipinski definition) is 2. The van der Waals surface area contributed by atoms with Crippen molar-refractivity contribution < 1.29 is 33.9 Å². The fraction of sp³-hybridized carbons (Fsp3) is 0.478. The molecule has 1 aliphatic heterocycles. The molecule has 0 radical (unpaired) electrons. The number of hydrogen-bond acceptors (Lipinski definition) is 7. The first-order valence-corrected chi connectivity index (χ1v) is 10.3. The van der Waals surface area contributed by atoms with Crippen LogP contribution < -0.4 is 0 Å². The average Bonchev–Trinajstić information content (AvgIpc) is 3.57. The SMILES string of the molecule is OCC(O)COCCOC1(OCCOCC2CO2)c2ccccc2-c2ccccc21. The molecule has 0 amide bonds. The van der Waals surface area contributed by atoms with Crippen molar-refractivity contribution in [3.05, 3.63) is 59.7 Å². The summed E-state index contributed by atoms with van der Waals surface area (Å²) in [5.41, 5.74) is 4.06. The lowest BCUT2D eigenvalue weighted by molar-refractivity contribution is -0.226. The van der Waals surface area contributed by atoms with Gasteiger partial charge < -0.3 is 33.9 Å². The maximum absolute atomic E-state index is 9.43. The van der Waals surface area contributed by atoms with Crippen LogP contribution in [0.5, 0.6) is 0 Å². The Balaban J connectivity index is 1.48. The molecular formula is C23H28O7. The Kier molecular flexibility index (Phi) is 7.12. The van der Waals surface area contributed by atoms with Gasteiger partial charge in [-0.2, -0.15) is 0 Å². The minimum Gasteiger partial charge on any atom is -0.394 e. The second kappa shape index (κ2) is 9.98. The summed E-state index contributed by atoms with van der Waals surface area (Å²) in [6, 6.07) is 16.1. The number of benzene rings is 2. The van der Waals surface area contributed by atoms with Crippen LogP contribution in [-0.2, 0) is 29.5 Å². The van der Waals surface area contributed by atoms with E-state index in [-0.39, 0.29) is 32.5 Å². The van der Waals surface area contributed by atoms with Crippen LogP contribution in [-0.4, -0.2) is 75.3 Å². The molecule has 0 saturated carbocycles. The topological polar surface area (TPSA) is 89.9 Å². The average molecular weight is 416 g/mol. The highest BCUT2D eigenvalue weighted by molar-refractivity contribution is 5.79. The van der Waals surface area contributed by atoms with Gasteiger partial charge in [-0.3, -0.25) is 0 Å². The third-order valence-corrected chi connectivity index (χ3v) is 5.15. The molecule has 2 N–H and O–H groups in total. The van der Waals surface area contributed by atoms with E-state index < -0.39 is 11.9 Å². The number of epoxide rings is 1. The Morgan fingerprint density at radius 1 is 0.900 bits per heavy atom. The van der Waals surface area contributed by atoms with Crippen LogP contribution in [0.4, 0.5) is 0 Å². The Hall–Kier alpha value is -1.84. The van der Waals surface area contributed by atoms with E-state index in [1.54, 1.807) is 0 Å². The van der Waals surface area contributed by atoms with Gasteiger partial charge in [0.1, 0.15) is 12.2 Å². The summed E-state index contributed by atoms with van der Waals surface area (Å²) in [7, 11) is 0. The van der Waals surface area contributed by atoms with E-state index in [1.807, 2.05) is 36.4 Å². The Labute approximate surface area is 176 Å². The lowest BCUT2D eigenvalue weighted by atomic mass is 10.0. The number of ether oxygens (including phenoxy) is 5. The van der Waals surface area contributed by atoms with Crippen molar-refractivity contribution in [2.24, 2.45) is 0 Å². The zero-order valence-corrected chi connectivity index (χ0v) is 16.9. The molecule has 7 heteroatoms. The first kappa shape index (κ1) is 21.4. The first-order valence-electron chi connectivity index (χ1n) is 10.3. The van der Waals surface area contributed by atoms with Gasteiger partial charge in [0.15, 0.2) is 0 Å². The maximum atomic E-state index is 9.43. The molecule has 2 atom stereocenters. The quantitative estimate of drug-likeness (QED) is 0.292. The third kappa shape index (κ3) is 4.73. The normalized spacial score (nSPS) is 19.3.